The molecule has 0 saturated carbocycles. The number of halogens is 1. The fourth-order valence-electron chi connectivity index (χ4n) is 1.49. The van der Waals surface area contributed by atoms with E-state index in [1.807, 2.05) is 6.08 Å². The van der Waals surface area contributed by atoms with Crippen LogP contribution in [0.3, 0.4) is 0 Å². The van der Waals surface area contributed by atoms with Crippen LogP contribution in [0, 0.1) is 12.7 Å². The number of allylic oxidation sites excluding steroid dienone is 1. The maximum atomic E-state index is 12.7. The molecule has 0 amide bonds. The van der Waals surface area contributed by atoms with E-state index in [1.54, 1.807) is 23.5 Å². The first kappa shape index (κ1) is 11.1. The Balaban J connectivity index is 2.00. The molecule has 0 atom stereocenters. The smallest absolute Gasteiger partial charge is 0.123 e. The Morgan fingerprint density at radius 3 is 2.56 bits per heavy atom. The Morgan fingerprint density at radius 2 is 1.94 bits per heavy atom. The van der Waals surface area contributed by atoms with Gasteiger partial charge < -0.3 is 0 Å². The maximum absolute atomic E-state index is 12.7. The monoisotopic (exact) mass is 232 g/mol. The second-order valence-electron chi connectivity index (χ2n) is 3.68. The molecule has 2 aromatic rings. The van der Waals surface area contributed by atoms with Gasteiger partial charge in [-0.3, -0.25) is 0 Å². The summed E-state index contributed by atoms with van der Waals surface area (Å²) in [4.78, 5) is 1.39. The molecule has 0 nitrogen and oxygen atoms in total. The predicted molar refractivity (Wildman–Crippen MR) is 68.2 cm³/mol. The zero-order valence-electron chi connectivity index (χ0n) is 9.11. The molecule has 0 aliphatic rings. The second-order valence-corrected chi connectivity index (χ2v) is 4.69. The maximum Gasteiger partial charge on any atom is 0.123 e. The van der Waals surface area contributed by atoms with Crippen LogP contribution < -0.4 is 0 Å². The molecule has 0 fully saturated rings. The lowest BCUT2D eigenvalue weighted by Crippen LogP contribution is -1.78. The molecule has 0 bridgehead atoms. The first-order chi connectivity index (χ1) is 7.75. The van der Waals surface area contributed by atoms with Crippen molar-refractivity contribution in [2.24, 2.45) is 0 Å². The molecular formula is C14H13FS. The molecule has 82 valence electrons. The molecule has 0 spiro atoms. The molecule has 16 heavy (non-hydrogen) atoms. The minimum atomic E-state index is -0.189. The summed E-state index contributed by atoms with van der Waals surface area (Å²) < 4.78 is 12.7. The first-order valence-electron chi connectivity index (χ1n) is 5.21. The van der Waals surface area contributed by atoms with E-state index in [4.69, 9.17) is 0 Å². The number of benzene rings is 1. The predicted octanol–water partition coefficient (Wildman–Crippen LogP) is 4.45. The minimum Gasteiger partial charge on any atom is -0.207 e. The average Bonchev–Trinajstić information content (AvgIpc) is 2.68. The Labute approximate surface area is 99.1 Å². The first-order valence-corrected chi connectivity index (χ1v) is 6.09. The van der Waals surface area contributed by atoms with Crippen molar-refractivity contribution in [2.75, 3.05) is 0 Å². The molecule has 0 aliphatic heterocycles. The van der Waals surface area contributed by atoms with Gasteiger partial charge in [0.2, 0.25) is 0 Å². The van der Waals surface area contributed by atoms with Gasteiger partial charge in [-0.15, -0.1) is 11.3 Å². The summed E-state index contributed by atoms with van der Waals surface area (Å²) in [5, 5.41) is 2.11. The van der Waals surface area contributed by atoms with Crippen LogP contribution in [0.4, 0.5) is 4.39 Å². The van der Waals surface area contributed by atoms with Gasteiger partial charge in [0.15, 0.2) is 0 Å². The van der Waals surface area contributed by atoms with Gasteiger partial charge in [-0.25, -0.2) is 4.39 Å². The third-order valence-corrected chi connectivity index (χ3v) is 3.50. The molecule has 0 unspecified atom stereocenters. The van der Waals surface area contributed by atoms with Crippen LogP contribution in [0.15, 0.2) is 41.8 Å². The molecular weight excluding hydrogens is 219 g/mol. The Bertz CT molecular complexity index is 480. The van der Waals surface area contributed by atoms with Crippen LogP contribution in [0.5, 0.6) is 0 Å². The van der Waals surface area contributed by atoms with Crippen molar-refractivity contribution in [3.8, 4) is 0 Å². The minimum absolute atomic E-state index is 0.189. The normalized spacial score (nSPS) is 11.1. The van der Waals surface area contributed by atoms with E-state index in [9.17, 15) is 4.39 Å². The Kier molecular flexibility index (Phi) is 3.52. The second kappa shape index (κ2) is 5.08. The van der Waals surface area contributed by atoms with Crippen LogP contribution in [0.1, 0.15) is 16.0 Å². The number of aryl methyl sites for hydroxylation is 1. The standard InChI is InChI=1S/C14H13FS/c1-11-9-10-16-14(11)4-2-3-12-5-7-13(15)8-6-12/h2-3,5-10H,4H2,1H3/b3-2+. The number of rotatable bonds is 3. The summed E-state index contributed by atoms with van der Waals surface area (Å²) in [6.45, 7) is 2.12. The summed E-state index contributed by atoms with van der Waals surface area (Å²) in [5.74, 6) is -0.189. The summed E-state index contributed by atoms with van der Waals surface area (Å²) in [5.41, 5.74) is 2.38. The molecule has 0 aliphatic carbocycles. The largest absolute Gasteiger partial charge is 0.207 e. The zero-order chi connectivity index (χ0) is 11.4. The van der Waals surface area contributed by atoms with Gasteiger partial charge in [-0.2, -0.15) is 0 Å². The van der Waals surface area contributed by atoms with Crippen molar-refractivity contribution < 1.29 is 4.39 Å². The van der Waals surface area contributed by atoms with Crippen LogP contribution in [-0.2, 0) is 6.42 Å². The van der Waals surface area contributed by atoms with Gasteiger partial charge in [0, 0.05) is 11.3 Å². The van der Waals surface area contributed by atoms with Gasteiger partial charge in [-0.05, 0) is 41.6 Å². The molecule has 1 heterocycles. The molecule has 1 aromatic heterocycles. The highest BCUT2D eigenvalue weighted by Crippen LogP contribution is 2.17. The lowest BCUT2D eigenvalue weighted by atomic mass is 10.1. The summed E-state index contributed by atoms with van der Waals surface area (Å²) in [6, 6.07) is 8.66. The lowest BCUT2D eigenvalue weighted by Gasteiger charge is -1.94. The van der Waals surface area contributed by atoms with Crippen LogP contribution >= 0.6 is 11.3 Å². The van der Waals surface area contributed by atoms with Gasteiger partial charge in [0.1, 0.15) is 5.82 Å². The molecule has 0 saturated heterocycles. The van der Waals surface area contributed by atoms with Gasteiger partial charge in [-0.1, -0.05) is 24.3 Å². The van der Waals surface area contributed by atoms with Crippen molar-refractivity contribution in [3.63, 3.8) is 0 Å². The van der Waals surface area contributed by atoms with Crippen molar-refractivity contribution in [1.82, 2.24) is 0 Å². The lowest BCUT2D eigenvalue weighted by molar-refractivity contribution is 0.628. The fraction of sp³-hybridized carbons (Fsp3) is 0.143. The number of hydrogen-bond donors (Lipinski definition) is 0. The SMILES string of the molecule is Cc1ccsc1C/C=C/c1ccc(F)cc1. The topological polar surface area (TPSA) is 0 Å². The van der Waals surface area contributed by atoms with Crippen LogP contribution in [0.2, 0.25) is 0 Å². The van der Waals surface area contributed by atoms with Gasteiger partial charge in [0.05, 0.1) is 0 Å². The highest BCUT2D eigenvalue weighted by Gasteiger charge is 1.96. The van der Waals surface area contributed by atoms with E-state index < -0.39 is 0 Å². The molecule has 0 radical (unpaired) electrons. The fourth-order valence-corrected chi connectivity index (χ4v) is 2.37. The number of thiophene rings is 1. The van der Waals surface area contributed by atoms with E-state index in [0.717, 1.165) is 12.0 Å². The van der Waals surface area contributed by atoms with E-state index in [0.29, 0.717) is 0 Å². The average molecular weight is 232 g/mol. The van der Waals surface area contributed by atoms with Crippen LogP contribution in [0.25, 0.3) is 6.08 Å². The van der Waals surface area contributed by atoms with E-state index >= 15 is 0 Å². The van der Waals surface area contributed by atoms with E-state index in [-0.39, 0.29) is 5.82 Å². The summed E-state index contributed by atoms with van der Waals surface area (Å²) in [7, 11) is 0. The molecule has 2 rings (SSSR count). The molecule has 2 heteroatoms. The third kappa shape index (κ3) is 2.80. The highest BCUT2D eigenvalue weighted by molar-refractivity contribution is 7.10. The van der Waals surface area contributed by atoms with Crippen LogP contribution in [-0.4, -0.2) is 0 Å². The van der Waals surface area contributed by atoms with E-state index in [1.165, 1.54) is 22.6 Å². The third-order valence-electron chi connectivity index (χ3n) is 2.45. The van der Waals surface area contributed by atoms with Crippen molar-refractivity contribution in [2.45, 2.75) is 13.3 Å². The van der Waals surface area contributed by atoms with Crippen molar-refractivity contribution in [1.29, 1.82) is 0 Å². The Hall–Kier alpha value is -1.41. The zero-order valence-corrected chi connectivity index (χ0v) is 9.93. The number of hydrogen-bond acceptors (Lipinski definition) is 1. The molecule has 1 aromatic carbocycles. The van der Waals surface area contributed by atoms with Gasteiger partial charge in [0.25, 0.3) is 0 Å². The van der Waals surface area contributed by atoms with Crippen molar-refractivity contribution in [3.05, 3.63) is 63.6 Å². The highest BCUT2D eigenvalue weighted by atomic mass is 32.1. The van der Waals surface area contributed by atoms with Crippen molar-refractivity contribution >= 4 is 17.4 Å². The summed E-state index contributed by atoms with van der Waals surface area (Å²) >= 11 is 1.78. The quantitative estimate of drug-likeness (QED) is 0.733. The Morgan fingerprint density at radius 1 is 1.19 bits per heavy atom. The molecule has 0 N–H and O–H groups in total. The summed E-state index contributed by atoms with van der Waals surface area (Å²) in [6.07, 6.45) is 5.09. The van der Waals surface area contributed by atoms with E-state index in [2.05, 4.69) is 24.4 Å². The van der Waals surface area contributed by atoms with Gasteiger partial charge >= 0.3 is 0 Å².